The second-order valence-electron chi connectivity index (χ2n) is 7.07. The smallest absolute Gasteiger partial charge is 0.363 e. The van der Waals surface area contributed by atoms with Crippen LogP contribution >= 0.6 is 31.9 Å². The van der Waals surface area contributed by atoms with Crippen molar-refractivity contribution in [1.29, 1.82) is 0 Å². The zero-order chi connectivity index (χ0) is 24.2. The van der Waals surface area contributed by atoms with E-state index in [1.54, 1.807) is 36.4 Å². The number of benzene rings is 3. The lowest BCUT2D eigenvalue weighted by Gasteiger charge is -2.13. The predicted molar refractivity (Wildman–Crippen MR) is 133 cm³/mol. The van der Waals surface area contributed by atoms with E-state index in [0.717, 1.165) is 4.47 Å². The zero-order valence-corrected chi connectivity index (χ0v) is 20.8. The van der Waals surface area contributed by atoms with Crippen molar-refractivity contribution in [3.63, 3.8) is 0 Å². The molecule has 0 bridgehead atoms. The van der Waals surface area contributed by atoms with Crippen LogP contribution in [-0.4, -0.2) is 23.9 Å². The highest BCUT2D eigenvalue weighted by atomic mass is 79.9. The molecule has 0 saturated heterocycles. The number of hydrogen-bond donors (Lipinski definition) is 0. The van der Waals surface area contributed by atoms with Crippen LogP contribution in [0.4, 0.5) is 5.69 Å². The molecule has 1 aliphatic rings. The topological polar surface area (TPSA) is 100 Å². The minimum absolute atomic E-state index is 0.0139. The molecule has 1 heterocycles. The molecule has 0 radical (unpaired) electrons. The molecule has 0 atom stereocenters. The first-order valence-electron chi connectivity index (χ1n) is 9.87. The lowest BCUT2D eigenvalue weighted by molar-refractivity contribution is -0.384. The molecular weight excluding hydrogens is 572 g/mol. The molecule has 0 N–H and O–H groups in total. The van der Waals surface area contributed by atoms with Crippen molar-refractivity contribution in [3.8, 4) is 11.5 Å². The highest BCUT2D eigenvalue weighted by Gasteiger charge is 2.25. The Kier molecular flexibility index (Phi) is 7.09. The highest BCUT2D eigenvalue weighted by Crippen LogP contribution is 2.38. The minimum Gasteiger partial charge on any atom is -0.493 e. The summed E-state index contributed by atoms with van der Waals surface area (Å²) in [6.07, 6.45) is 1.59. The van der Waals surface area contributed by atoms with Gasteiger partial charge >= 0.3 is 5.97 Å². The van der Waals surface area contributed by atoms with Crippen molar-refractivity contribution >= 4 is 55.5 Å². The molecule has 172 valence electrons. The van der Waals surface area contributed by atoms with Crippen LogP contribution in [0.1, 0.15) is 16.7 Å². The van der Waals surface area contributed by atoms with E-state index in [1.165, 1.54) is 19.2 Å². The average Bonchev–Trinajstić information content (AvgIpc) is 3.18. The summed E-state index contributed by atoms with van der Waals surface area (Å²) in [7, 11) is 1.49. The minimum atomic E-state index is -0.563. The molecular formula is C24H16Br2N2O6. The third kappa shape index (κ3) is 5.18. The van der Waals surface area contributed by atoms with Crippen molar-refractivity contribution in [3.05, 3.63) is 102 Å². The predicted octanol–water partition coefficient (Wildman–Crippen LogP) is 6.05. The normalized spacial score (nSPS) is 14.0. The molecule has 0 amide bonds. The number of halogens is 2. The molecule has 8 nitrogen and oxygen atoms in total. The fourth-order valence-corrected chi connectivity index (χ4v) is 4.22. The number of carbonyl (C=O) groups is 1. The molecule has 3 aromatic carbocycles. The van der Waals surface area contributed by atoms with Gasteiger partial charge in [0.25, 0.3) is 5.69 Å². The van der Waals surface area contributed by atoms with E-state index in [2.05, 4.69) is 36.9 Å². The van der Waals surface area contributed by atoms with E-state index in [0.29, 0.717) is 32.7 Å². The number of esters is 1. The fourth-order valence-electron chi connectivity index (χ4n) is 3.20. The number of hydrogen-bond acceptors (Lipinski definition) is 7. The van der Waals surface area contributed by atoms with Crippen LogP contribution in [0, 0.1) is 10.1 Å². The lowest BCUT2D eigenvalue weighted by Crippen LogP contribution is -2.05. The Bertz CT molecular complexity index is 1350. The molecule has 0 aliphatic carbocycles. The number of aliphatic imine (C=N–C) groups is 1. The zero-order valence-electron chi connectivity index (χ0n) is 17.7. The standard InChI is InChI=1S/C24H16Br2N2O6/c1-32-21-12-15(11-20-24(29)34-23(27-20)17-7-2-3-8-18(17)25)10-19(26)22(21)33-13-14-5-4-6-16(9-14)28(30)31/h2-12H,13H2,1H3/b20-11-. The Hall–Kier alpha value is -3.50. The quantitative estimate of drug-likeness (QED) is 0.144. The van der Waals surface area contributed by atoms with Gasteiger partial charge in [0.05, 0.1) is 22.1 Å². The summed E-state index contributed by atoms with van der Waals surface area (Å²) in [5.74, 6) is 0.481. The van der Waals surface area contributed by atoms with Crippen LogP contribution in [-0.2, 0) is 16.1 Å². The van der Waals surface area contributed by atoms with E-state index in [4.69, 9.17) is 14.2 Å². The molecule has 3 aromatic rings. The molecule has 34 heavy (non-hydrogen) atoms. The number of methoxy groups -OCH3 is 1. The molecule has 0 fully saturated rings. The summed E-state index contributed by atoms with van der Waals surface area (Å²) >= 11 is 6.90. The Morgan fingerprint density at radius 3 is 2.62 bits per heavy atom. The SMILES string of the molecule is COc1cc(/C=C2\N=C(c3ccccc3Br)OC2=O)cc(Br)c1OCc1cccc([N+](=O)[O-])c1. The summed E-state index contributed by atoms with van der Waals surface area (Å²) < 4.78 is 18.0. The third-order valence-corrected chi connectivity index (χ3v) is 6.07. The van der Waals surface area contributed by atoms with Crippen molar-refractivity contribution < 1.29 is 23.9 Å². The van der Waals surface area contributed by atoms with Gasteiger partial charge in [-0.25, -0.2) is 9.79 Å². The number of nitrogens with zero attached hydrogens (tertiary/aromatic N) is 2. The number of nitro groups is 1. The summed E-state index contributed by atoms with van der Waals surface area (Å²) in [4.78, 5) is 27.2. The first-order chi connectivity index (χ1) is 16.4. The first-order valence-corrected chi connectivity index (χ1v) is 11.5. The van der Waals surface area contributed by atoms with Crippen LogP contribution in [0.15, 0.2) is 80.3 Å². The molecule has 0 aromatic heterocycles. The van der Waals surface area contributed by atoms with Gasteiger partial charge in [-0.05, 0) is 73.3 Å². The second kappa shape index (κ2) is 10.2. The Balaban J connectivity index is 1.59. The number of carbonyl (C=O) groups excluding carboxylic acids is 1. The number of ether oxygens (including phenoxy) is 3. The highest BCUT2D eigenvalue weighted by molar-refractivity contribution is 9.10. The van der Waals surface area contributed by atoms with Gasteiger partial charge in [0.15, 0.2) is 17.2 Å². The molecule has 0 saturated carbocycles. The van der Waals surface area contributed by atoms with Crippen molar-refractivity contribution in [2.75, 3.05) is 7.11 Å². The van der Waals surface area contributed by atoms with Gasteiger partial charge in [-0.2, -0.15) is 0 Å². The second-order valence-corrected chi connectivity index (χ2v) is 8.77. The monoisotopic (exact) mass is 586 g/mol. The van der Waals surface area contributed by atoms with Crippen LogP contribution in [0.2, 0.25) is 0 Å². The molecule has 10 heteroatoms. The summed E-state index contributed by atoms with van der Waals surface area (Å²) in [6, 6.07) is 17.0. The van der Waals surface area contributed by atoms with E-state index in [1.807, 2.05) is 18.2 Å². The van der Waals surface area contributed by atoms with Gasteiger partial charge in [0.1, 0.15) is 6.61 Å². The van der Waals surface area contributed by atoms with E-state index < -0.39 is 10.9 Å². The van der Waals surface area contributed by atoms with Crippen LogP contribution in [0.3, 0.4) is 0 Å². The maximum atomic E-state index is 12.4. The summed E-state index contributed by atoms with van der Waals surface area (Å²) in [5, 5.41) is 11.0. The van der Waals surface area contributed by atoms with Crippen molar-refractivity contribution in [2.45, 2.75) is 6.61 Å². The number of non-ortho nitro benzene ring substituents is 1. The van der Waals surface area contributed by atoms with Gasteiger partial charge < -0.3 is 14.2 Å². The Morgan fingerprint density at radius 2 is 1.88 bits per heavy atom. The summed E-state index contributed by atoms with van der Waals surface area (Å²) in [6.45, 7) is 0.100. The average molecular weight is 588 g/mol. The molecule has 0 spiro atoms. The number of rotatable bonds is 7. The van der Waals surface area contributed by atoms with Gasteiger partial charge in [-0.1, -0.05) is 24.3 Å². The van der Waals surface area contributed by atoms with Gasteiger partial charge in [0.2, 0.25) is 5.90 Å². The fraction of sp³-hybridized carbons (Fsp3) is 0.0833. The Morgan fingerprint density at radius 1 is 1.09 bits per heavy atom. The maximum absolute atomic E-state index is 12.4. The van der Waals surface area contributed by atoms with Crippen LogP contribution < -0.4 is 9.47 Å². The number of cyclic esters (lactones) is 1. The van der Waals surface area contributed by atoms with Crippen LogP contribution in [0.5, 0.6) is 11.5 Å². The lowest BCUT2D eigenvalue weighted by atomic mass is 10.1. The van der Waals surface area contributed by atoms with Crippen LogP contribution in [0.25, 0.3) is 6.08 Å². The van der Waals surface area contributed by atoms with E-state index in [9.17, 15) is 14.9 Å². The van der Waals surface area contributed by atoms with Gasteiger partial charge in [-0.15, -0.1) is 0 Å². The largest absolute Gasteiger partial charge is 0.493 e. The summed E-state index contributed by atoms with van der Waals surface area (Å²) in [5.41, 5.74) is 2.07. The third-order valence-electron chi connectivity index (χ3n) is 4.78. The molecule has 0 unspecified atom stereocenters. The molecule has 4 rings (SSSR count). The van der Waals surface area contributed by atoms with Crippen molar-refractivity contribution in [2.24, 2.45) is 4.99 Å². The van der Waals surface area contributed by atoms with E-state index in [-0.39, 0.29) is 23.9 Å². The van der Waals surface area contributed by atoms with Gasteiger partial charge in [0, 0.05) is 16.6 Å². The van der Waals surface area contributed by atoms with E-state index >= 15 is 0 Å². The van der Waals surface area contributed by atoms with Gasteiger partial charge in [-0.3, -0.25) is 10.1 Å². The maximum Gasteiger partial charge on any atom is 0.363 e. The Labute approximate surface area is 211 Å². The number of nitro benzene ring substituents is 1. The first kappa shape index (κ1) is 23.7. The molecule has 1 aliphatic heterocycles. The van der Waals surface area contributed by atoms with Crippen molar-refractivity contribution in [1.82, 2.24) is 0 Å².